The van der Waals surface area contributed by atoms with Crippen molar-refractivity contribution in [3.05, 3.63) is 40.9 Å². The predicted octanol–water partition coefficient (Wildman–Crippen LogP) is 1.48. The van der Waals surface area contributed by atoms with Gasteiger partial charge in [-0.1, -0.05) is 12.1 Å². The molecule has 0 unspecified atom stereocenters. The first kappa shape index (κ1) is 10.5. The van der Waals surface area contributed by atoms with Gasteiger partial charge < -0.3 is 5.11 Å². The Morgan fingerprint density at radius 3 is 2.88 bits per heavy atom. The van der Waals surface area contributed by atoms with E-state index in [0.29, 0.717) is 10.9 Å². The van der Waals surface area contributed by atoms with Crippen LogP contribution in [0.3, 0.4) is 0 Å². The number of fused-ring (bicyclic) bond motifs is 1. The highest BCUT2D eigenvalue weighted by atomic mass is 16.3. The Bertz CT molecular complexity index is 606. The molecular formula is C13H14N2O2. The summed E-state index contributed by atoms with van der Waals surface area (Å²) >= 11 is 0. The number of hydrogen-bond donors (Lipinski definition) is 1. The van der Waals surface area contributed by atoms with Crippen molar-refractivity contribution in [3.63, 3.8) is 0 Å². The van der Waals surface area contributed by atoms with Crippen LogP contribution in [0.2, 0.25) is 0 Å². The van der Waals surface area contributed by atoms with Crippen LogP contribution in [0.1, 0.15) is 25.3 Å². The molecule has 0 saturated heterocycles. The van der Waals surface area contributed by atoms with Gasteiger partial charge in [0.05, 0.1) is 29.4 Å². The highest BCUT2D eigenvalue weighted by molar-refractivity contribution is 5.76. The summed E-state index contributed by atoms with van der Waals surface area (Å²) in [6, 6.07) is 7.19. The van der Waals surface area contributed by atoms with Crippen molar-refractivity contribution in [1.29, 1.82) is 0 Å². The molecule has 0 bridgehead atoms. The number of rotatable bonds is 1. The number of aliphatic hydroxyl groups is 1. The Morgan fingerprint density at radius 1 is 1.29 bits per heavy atom. The monoisotopic (exact) mass is 230 g/mol. The fourth-order valence-electron chi connectivity index (χ4n) is 2.56. The molecule has 1 aliphatic carbocycles. The SMILES string of the molecule is O=c1c2ccccc2ncn1[C@H]1CCC[C@@H]1O. The van der Waals surface area contributed by atoms with Crippen molar-refractivity contribution in [2.45, 2.75) is 31.4 Å². The average molecular weight is 230 g/mol. The van der Waals surface area contributed by atoms with Gasteiger partial charge in [0.25, 0.3) is 5.56 Å². The summed E-state index contributed by atoms with van der Waals surface area (Å²) < 4.78 is 1.58. The van der Waals surface area contributed by atoms with Gasteiger partial charge >= 0.3 is 0 Å². The van der Waals surface area contributed by atoms with Gasteiger partial charge in [0, 0.05) is 0 Å². The second-order valence-electron chi connectivity index (χ2n) is 4.54. The van der Waals surface area contributed by atoms with Crippen LogP contribution in [0.25, 0.3) is 10.9 Å². The molecule has 0 aliphatic heterocycles. The van der Waals surface area contributed by atoms with Gasteiger partial charge in [-0.05, 0) is 31.4 Å². The van der Waals surface area contributed by atoms with Gasteiger partial charge in [0.2, 0.25) is 0 Å². The fraction of sp³-hybridized carbons (Fsp3) is 0.385. The zero-order chi connectivity index (χ0) is 11.8. The summed E-state index contributed by atoms with van der Waals surface area (Å²) in [7, 11) is 0. The van der Waals surface area contributed by atoms with E-state index in [1.165, 1.54) is 0 Å². The molecule has 1 heterocycles. The van der Waals surface area contributed by atoms with Gasteiger partial charge in [0.15, 0.2) is 0 Å². The molecule has 2 aromatic rings. The van der Waals surface area contributed by atoms with Crippen molar-refractivity contribution < 1.29 is 5.11 Å². The van der Waals surface area contributed by atoms with E-state index in [9.17, 15) is 9.90 Å². The normalized spacial score (nSPS) is 24.3. The largest absolute Gasteiger partial charge is 0.391 e. The quantitative estimate of drug-likeness (QED) is 0.807. The lowest BCUT2D eigenvalue weighted by atomic mass is 10.2. The van der Waals surface area contributed by atoms with Gasteiger partial charge in [-0.3, -0.25) is 9.36 Å². The lowest BCUT2D eigenvalue weighted by Crippen LogP contribution is -2.29. The second kappa shape index (κ2) is 3.96. The standard InChI is InChI=1S/C13H14N2O2/c16-12-7-3-6-11(12)15-8-14-10-5-2-1-4-9(10)13(15)17/h1-2,4-5,8,11-12,16H,3,6-7H2/t11-,12-/m0/s1. The van der Waals surface area contributed by atoms with Crippen LogP contribution in [0, 0.1) is 0 Å². The maximum atomic E-state index is 12.3. The summed E-state index contributed by atoms with van der Waals surface area (Å²) in [6.45, 7) is 0. The molecule has 3 rings (SSSR count). The maximum Gasteiger partial charge on any atom is 0.261 e. The van der Waals surface area contributed by atoms with Gasteiger partial charge in [-0.25, -0.2) is 4.98 Å². The van der Waals surface area contributed by atoms with E-state index in [-0.39, 0.29) is 11.6 Å². The lowest BCUT2D eigenvalue weighted by molar-refractivity contribution is 0.134. The molecule has 4 heteroatoms. The molecular weight excluding hydrogens is 216 g/mol. The average Bonchev–Trinajstić information content (AvgIpc) is 2.76. The molecule has 0 amide bonds. The Kier molecular flexibility index (Phi) is 2.44. The third-order valence-corrected chi connectivity index (χ3v) is 3.49. The van der Waals surface area contributed by atoms with Crippen molar-refractivity contribution >= 4 is 10.9 Å². The highest BCUT2D eigenvalue weighted by Gasteiger charge is 2.27. The Balaban J connectivity index is 2.18. The molecule has 2 atom stereocenters. The predicted molar refractivity (Wildman–Crippen MR) is 64.9 cm³/mol. The molecule has 17 heavy (non-hydrogen) atoms. The van der Waals surface area contributed by atoms with E-state index in [2.05, 4.69) is 4.98 Å². The number of benzene rings is 1. The van der Waals surface area contributed by atoms with E-state index in [4.69, 9.17) is 0 Å². The Morgan fingerprint density at radius 2 is 2.12 bits per heavy atom. The van der Waals surface area contributed by atoms with Gasteiger partial charge in [0.1, 0.15) is 0 Å². The molecule has 1 N–H and O–H groups in total. The van der Waals surface area contributed by atoms with Crippen LogP contribution < -0.4 is 5.56 Å². The molecule has 4 nitrogen and oxygen atoms in total. The van der Waals surface area contributed by atoms with E-state index >= 15 is 0 Å². The van der Waals surface area contributed by atoms with Crippen LogP contribution in [0.15, 0.2) is 35.4 Å². The third kappa shape index (κ3) is 1.65. The molecule has 0 spiro atoms. The van der Waals surface area contributed by atoms with E-state index < -0.39 is 6.10 Å². The summed E-state index contributed by atoms with van der Waals surface area (Å²) in [5.74, 6) is 0. The van der Waals surface area contributed by atoms with Crippen LogP contribution in [-0.2, 0) is 0 Å². The molecule has 88 valence electrons. The van der Waals surface area contributed by atoms with Crippen molar-refractivity contribution in [2.24, 2.45) is 0 Å². The van der Waals surface area contributed by atoms with Crippen molar-refractivity contribution in [3.8, 4) is 0 Å². The number of para-hydroxylation sites is 1. The zero-order valence-electron chi connectivity index (χ0n) is 9.41. The van der Waals surface area contributed by atoms with E-state index in [1.807, 2.05) is 18.2 Å². The molecule has 1 fully saturated rings. The smallest absolute Gasteiger partial charge is 0.261 e. The van der Waals surface area contributed by atoms with Crippen LogP contribution in [0.4, 0.5) is 0 Å². The first-order valence-corrected chi connectivity index (χ1v) is 5.91. The van der Waals surface area contributed by atoms with E-state index in [1.54, 1.807) is 17.0 Å². The minimum Gasteiger partial charge on any atom is -0.391 e. The Labute approximate surface area is 98.5 Å². The molecule has 1 aromatic carbocycles. The summed E-state index contributed by atoms with van der Waals surface area (Å²) in [5.41, 5.74) is 0.655. The highest BCUT2D eigenvalue weighted by Crippen LogP contribution is 2.28. The Hall–Kier alpha value is -1.68. The lowest BCUT2D eigenvalue weighted by Gasteiger charge is -2.17. The number of aromatic nitrogens is 2. The van der Waals surface area contributed by atoms with Crippen molar-refractivity contribution in [2.75, 3.05) is 0 Å². The first-order valence-electron chi connectivity index (χ1n) is 5.91. The van der Waals surface area contributed by atoms with Crippen LogP contribution in [-0.4, -0.2) is 20.8 Å². The second-order valence-corrected chi connectivity index (χ2v) is 4.54. The fourth-order valence-corrected chi connectivity index (χ4v) is 2.56. The summed E-state index contributed by atoms with van der Waals surface area (Å²) in [6.07, 6.45) is 3.72. The molecule has 0 radical (unpaired) electrons. The summed E-state index contributed by atoms with van der Waals surface area (Å²) in [5, 5.41) is 10.5. The topological polar surface area (TPSA) is 55.1 Å². The van der Waals surface area contributed by atoms with Gasteiger partial charge in [-0.15, -0.1) is 0 Å². The van der Waals surface area contributed by atoms with E-state index in [0.717, 1.165) is 19.3 Å². The van der Waals surface area contributed by atoms with Gasteiger partial charge in [-0.2, -0.15) is 0 Å². The van der Waals surface area contributed by atoms with Crippen molar-refractivity contribution in [1.82, 2.24) is 9.55 Å². The minimum atomic E-state index is -0.421. The maximum absolute atomic E-state index is 12.3. The molecule has 1 aliphatic rings. The number of nitrogens with zero attached hydrogens (tertiary/aromatic N) is 2. The summed E-state index contributed by atoms with van der Waals surface area (Å²) in [4.78, 5) is 16.5. The first-order chi connectivity index (χ1) is 8.27. The molecule has 1 aromatic heterocycles. The minimum absolute atomic E-state index is 0.0541. The van der Waals surface area contributed by atoms with Crippen LogP contribution in [0.5, 0.6) is 0 Å². The van der Waals surface area contributed by atoms with Crippen LogP contribution >= 0.6 is 0 Å². The number of hydrogen-bond acceptors (Lipinski definition) is 3. The molecule has 1 saturated carbocycles. The third-order valence-electron chi connectivity index (χ3n) is 3.49. The zero-order valence-corrected chi connectivity index (χ0v) is 9.41. The number of aliphatic hydroxyl groups excluding tert-OH is 1.